The average Bonchev–Trinajstić information content (AvgIpc) is 2.67. The quantitative estimate of drug-likeness (QED) is 0.396. The van der Waals surface area contributed by atoms with Crippen LogP contribution in [0.15, 0.2) is 59.6 Å². The molecule has 2 aromatic carbocycles. The number of carbonyl (C=O) groups excluding carboxylic acids is 1. The Hall–Kier alpha value is -2.19. The molecule has 26 heavy (non-hydrogen) atoms. The number of hydrogen-bond donors (Lipinski definition) is 0. The fourth-order valence-electron chi connectivity index (χ4n) is 2.52. The summed E-state index contributed by atoms with van der Waals surface area (Å²) in [4.78, 5) is 29.6. The van der Waals surface area contributed by atoms with Crippen molar-refractivity contribution in [3.63, 3.8) is 0 Å². The van der Waals surface area contributed by atoms with Crippen molar-refractivity contribution in [1.29, 1.82) is 0 Å². The molecule has 0 saturated carbocycles. The van der Waals surface area contributed by atoms with Gasteiger partial charge in [0.15, 0.2) is 11.0 Å². The van der Waals surface area contributed by atoms with Gasteiger partial charge in [0.2, 0.25) is 0 Å². The Balaban J connectivity index is 0.00000243. The smallest absolute Gasteiger partial charge is 0.270 e. The van der Waals surface area contributed by atoms with Crippen molar-refractivity contribution in [3.8, 4) is 0 Å². The Morgan fingerprint density at radius 3 is 2.62 bits per heavy atom. The van der Waals surface area contributed by atoms with Gasteiger partial charge < -0.3 is 4.90 Å². The fraction of sp³-hybridized carbons (Fsp3) is 0.222. The number of benzene rings is 2. The Bertz CT molecular complexity index is 814. The Labute approximate surface area is 166 Å². The van der Waals surface area contributed by atoms with Gasteiger partial charge in [0.25, 0.3) is 5.69 Å². The van der Waals surface area contributed by atoms with Crippen LogP contribution in [0, 0.1) is 10.1 Å². The number of non-ortho nitro benzene ring substituents is 1. The zero-order valence-corrected chi connectivity index (χ0v) is 16.4. The third-order valence-electron chi connectivity index (χ3n) is 3.76. The van der Waals surface area contributed by atoms with E-state index in [9.17, 15) is 14.9 Å². The maximum absolute atomic E-state index is 12.7. The number of halogens is 1. The molecule has 0 aromatic heterocycles. The molecule has 0 atom stereocenters. The van der Waals surface area contributed by atoms with Crippen LogP contribution in [-0.4, -0.2) is 34.7 Å². The van der Waals surface area contributed by atoms with Crippen LogP contribution in [0.25, 0.3) is 0 Å². The van der Waals surface area contributed by atoms with Crippen molar-refractivity contribution >= 4 is 51.1 Å². The summed E-state index contributed by atoms with van der Waals surface area (Å²) in [6.45, 7) is 0.841. The monoisotopic (exact) mass is 435 g/mol. The zero-order valence-electron chi connectivity index (χ0n) is 13.9. The minimum atomic E-state index is -0.493. The van der Waals surface area contributed by atoms with Crippen molar-refractivity contribution in [1.82, 2.24) is 0 Å². The molecule has 0 bridgehead atoms. The molecule has 1 heterocycles. The zero-order chi connectivity index (χ0) is 17.6. The third-order valence-corrected chi connectivity index (χ3v) is 4.86. The molecule has 0 N–H and O–H groups in total. The molecular weight excluding hydrogens is 418 g/mol. The third kappa shape index (κ3) is 4.92. The van der Waals surface area contributed by atoms with Crippen LogP contribution in [0.4, 0.5) is 11.4 Å². The lowest BCUT2D eigenvalue weighted by atomic mass is 10.1. The predicted molar refractivity (Wildman–Crippen MR) is 111 cm³/mol. The lowest BCUT2D eigenvalue weighted by Crippen LogP contribution is -2.35. The summed E-state index contributed by atoms with van der Waals surface area (Å²) in [5.74, 6) is 0.786. The fourth-order valence-corrected chi connectivity index (χ4v) is 3.48. The summed E-state index contributed by atoms with van der Waals surface area (Å²) >= 11 is 1.63. The summed E-state index contributed by atoms with van der Waals surface area (Å²) < 4.78 is 0. The molecule has 3 rings (SSSR count). The van der Waals surface area contributed by atoms with Crippen LogP contribution in [0.5, 0.6) is 0 Å². The Morgan fingerprint density at radius 1 is 1.19 bits per heavy atom. The van der Waals surface area contributed by atoms with E-state index in [4.69, 9.17) is 0 Å². The van der Waals surface area contributed by atoms with E-state index in [0.717, 1.165) is 29.6 Å². The van der Waals surface area contributed by atoms with Crippen LogP contribution >= 0.6 is 28.7 Å². The molecule has 1 aliphatic rings. The first-order valence-corrected chi connectivity index (χ1v) is 8.91. The number of carbonyl (C=O) groups is 1. The summed E-state index contributed by atoms with van der Waals surface area (Å²) in [5.41, 5.74) is 1.13. The number of nitrogens with zero attached hydrogens (tertiary/aromatic N) is 3. The van der Waals surface area contributed by atoms with Gasteiger partial charge in [-0.3, -0.25) is 19.9 Å². The molecule has 1 aliphatic heterocycles. The van der Waals surface area contributed by atoms with Gasteiger partial charge in [-0.25, -0.2) is 0 Å². The van der Waals surface area contributed by atoms with Crippen LogP contribution < -0.4 is 4.90 Å². The molecule has 0 fully saturated rings. The first-order valence-electron chi connectivity index (χ1n) is 7.92. The second kappa shape index (κ2) is 9.49. The average molecular weight is 436 g/mol. The van der Waals surface area contributed by atoms with Gasteiger partial charge in [0, 0.05) is 35.7 Å². The molecule has 136 valence electrons. The van der Waals surface area contributed by atoms with E-state index in [-0.39, 0.29) is 35.0 Å². The lowest BCUT2D eigenvalue weighted by Gasteiger charge is -2.27. The summed E-state index contributed by atoms with van der Waals surface area (Å²) in [6, 6.07) is 15.4. The predicted octanol–water partition coefficient (Wildman–Crippen LogP) is 4.35. The number of ketones is 1. The van der Waals surface area contributed by atoms with E-state index < -0.39 is 4.92 Å². The number of hydrogen-bond acceptors (Lipinski definition) is 6. The van der Waals surface area contributed by atoms with Crippen molar-refractivity contribution < 1.29 is 9.72 Å². The summed E-state index contributed by atoms with van der Waals surface area (Å²) in [5, 5.41) is 11.7. The number of para-hydroxylation sites is 1. The van der Waals surface area contributed by atoms with Crippen LogP contribution in [0.1, 0.15) is 16.8 Å². The Kier molecular flexibility index (Phi) is 7.35. The van der Waals surface area contributed by atoms with Gasteiger partial charge >= 0.3 is 0 Å². The maximum atomic E-state index is 12.7. The molecule has 0 unspecified atom stereocenters. The highest BCUT2D eigenvalue weighted by Gasteiger charge is 2.21. The normalized spacial score (nSPS) is 13.3. The maximum Gasteiger partial charge on any atom is 0.270 e. The van der Waals surface area contributed by atoms with Gasteiger partial charge in [-0.2, -0.15) is 0 Å². The number of amidine groups is 1. The van der Waals surface area contributed by atoms with E-state index in [1.54, 1.807) is 17.8 Å². The molecule has 8 heteroatoms. The topological polar surface area (TPSA) is 75.8 Å². The van der Waals surface area contributed by atoms with Gasteiger partial charge in [-0.1, -0.05) is 42.1 Å². The number of aliphatic imine (C=N–C) groups is 1. The summed E-state index contributed by atoms with van der Waals surface area (Å²) in [6.07, 6.45) is 1.02. The molecule has 0 spiro atoms. The molecule has 0 amide bonds. The van der Waals surface area contributed by atoms with E-state index in [1.165, 1.54) is 18.2 Å². The van der Waals surface area contributed by atoms with Gasteiger partial charge in [-0.05, 0) is 18.6 Å². The second-order valence-corrected chi connectivity index (χ2v) is 6.58. The highest BCUT2D eigenvalue weighted by Crippen LogP contribution is 2.23. The first kappa shape index (κ1) is 20.1. The van der Waals surface area contributed by atoms with Crippen molar-refractivity contribution in [2.24, 2.45) is 4.99 Å². The standard InChI is InChI=1S/C18H17N3O3S.BrH/c22-17(14-6-4-9-16(12-14)21(23)24)13-20(15-7-2-1-3-8-15)18-19-10-5-11-25-18;/h1-4,6-9,12H,5,10-11,13H2;1H. The highest BCUT2D eigenvalue weighted by molar-refractivity contribution is 8.93. The van der Waals surface area contributed by atoms with E-state index in [0.29, 0.717) is 5.56 Å². The van der Waals surface area contributed by atoms with Crippen molar-refractivity contribution in [2.45, 2.75) is 6.42 Å². The number of anilines is 1. The number of nitro groups is 1. The SMILES string of the molecule is Br.O=C(CN(C1=NCCCS1)c1ccccc1)c1cccc([N+](=O)[O-])c1. The van der Waals surface area contributed by atoms with Crippen LogP contribution in [0.2, 0.25) is 0 Å². The highest BCUT2D eigenvalue weighted by atomic mass is 79.9. The summed E-state index contributed by atoms with van der Waals surface area (Å²) in [7, 11) is 0. The van der Waals surface area contributed by atoms with Crippen molar-refractivity contribution in [2.75, 3.05) is 23.7 Å². The lowest BCUT2D eigenvalue weighted by molar-refractivity contribution is -0.384. The van der Waals surface area contributed by atoms with Crippen LogP contribution in [-0.2, 0) is 0 Å². The van der Waals surface area contributed by atoms with Gasteiger partial charge in [0.05, 0.1) is 11.5 Å². The van der Waals surface area contributed by atoms with E-state index in [2.05, 4.69) is 4.99 Å². The molecule has 0 radical (unpaired) electrons. The first-order chi connectivity index (χ1) is 12.1. The molecule has 0 saturated heterocycles. The second-order valence-electron chi connectivity index (χ2n) is 5.52. The molecular formula is C18H18BrN3O3S. The largest absolute Gasteiger partial charge is 0.313 e. The van der Waals surface area contributed by atoms with Gasteiger partial charge in [0.1, 0.15) is 0 Å². The van der Waals surface area contributed by atoms with E-state index in [1.807, 2.05) is 35.2 Å². The van der Waals surface area contributed by atoms with E-state index >= 15 is 0 Å². The Morgan fingerprint density at radius 2 is 1.96 bits per heavy atom. The molecule has 6 nitrogen and oxygen atoms in total. The number of rotatable bonds is 5. The van der Waals surface area contributed by atoms with Gasteiger partial charge in [-0.15, -0.1) is 17.0 Å². The molecule has 0 aliphatic carbocycles. The minimum Gasteiger partial charge on any atom is -0.313 e. The molecule has 2 aromatic rings. The number of thioether (sulfide) groups is 1. The van der Waals surface area contributed by atoms with Crippen molar-refractivity contribution in [3.05, 3.63) is 70.3 Å². The minimum absolute atomic E-state index is 0. The number of nitro benzene ring substituents is 1. The number of Topliss-reactive ketones (excluding diaryl/α,β-unsaturated/α-hetero) is 1. The van der Waals surface area contributed by atoms with Crippen LogP contribution in [0.3, 0.4) is 0 Å².